The summed E-state index contributed by atoms with van der Waals surface area (Å²) in [7, 11) is -4.29. The molecule has 0 bridgehead atoms. The molecule has 232 valence electrons. The Morgan fingerprint density at radius 1 is 0.907 bits per heavy atom. The van der Waals surface area contributed by atoms with Gasteiger partial charge in [-0.05, 0) is 80.8 Å². The molecule has 43 heavy (non-hydrogen) atoms. The van der Waals surface area contributed by atoms with Crippen molar-refractivity contribution in [3.05, 3.63) is 87.4 Å². The molecule has 0 unspecified atom stereocenters. The normalized spacial score (nSPS) is 12.7. The number of nitrogens with zero attached hydrogens (tertiary/aromatic N) is 2. The molecule has 0 fully saturated rings. The molecule has 0 spiro atoms. The van der Waals surface area contributed by atoms with E-state index in [9.17, 15) is 18.0 Å². The lowest BCUT2D eigenvalue weighted by molar-refractivity contribution is -0.140. The number of nitrogens with one attached hydrogen (secondary N) is 1. The van der Waals surface area contributed by atoms with E-state index in [1.807, 2.05) is 13.8 Å². The predicted octanol–water partition coefficient (Wildman–Crippen LogP) is 6.96. The van der Waals surface area contributed by atoms with Gasteiger partial charge in [0, 0.05) is 17.6 Å². The van der Waals surface area contributed by atoms with E-state index in [1.54, 1.807) is 56.3 Å². The molecular formula is C31H36Cl3N3O5S. The van der Waals surface area contributed by atoms with Crippen molar-refractivity contribution in [1.29, 1.82) is 0 Å². The molecule has 0 aliphatic rings. The molecule has 2 amide bonds. The zero-order chi connectivity index (χ0) is 31.7. The van der Waals surface area contributed by atoms with Gasteiger partial charge in [0.05, 0.1) is 27.2 Å². The van der Waals surface area contributed by atoms with Crippen LogP contribution >= 0.6 is 34.8 Å². The third kappa shape index (κ3) is 8.79. The maximum Gasteiger partial charge on any atom is 0.264 e. The van der Waals surface area contributed by atoms with Crippen LogP contribution in [0.25, 0.3) is 0 Å². The van der Waals surface area contributed by atoms with Crippen LogP contribution in [0.1, 0.15) is 46.1 Å². The molecule has 0 aliphatic heterocycles. The van der Waals surface area contributed by atoms with Crippen LogP contribution in [0.3, 0.4) is 0 Å². The Hall–Kier alpha value is -2.98. The lowest BCUT2D eigenvalue weighted by Gasteiger charge is -2.34. The number of hydrogen-bond donors (Lipinski definition) is 1. The molecule has 2 atom stereocenters. The maximum atomic E-state index is 14.3. The second-order valence-electron chi connectivity index (χ2n) is 9.88. The Kier molecular flexibility index (Phi) is 12.6. The Morgan fingerprint density at radius 3 is 2.19 bits per heavy atom. The zero-order valence-electron chi connectivity index (χ0n) is 24.5. The van der Waals surface area contributed by atoms with E-state index in [4.69, 9.17) is 39.5 Å². The van der Waals surface area contributed by atoms with Crippen LogP contribution in [0.5, 0.6) is 5.75 Å². The Labute approximate surface area is 268 Å². The van der Waals surface area contributed by atoms with Crippen molar-refractivity contribution in [1.82, 2.24) is 10.2 Å². The SMILES string of the molecule is CCOc1ccccc1N(CC(=O)N(Cc1ccc(Cl)c(Cl)c1)[C@@H](CC)C(=O)N[C@@H](C)CC)S(=O)(=O)c1ccc(Cl)cc1. The van der Waals surface area contributed by atoms with Crippen molar-refractivity contribution in [2.24, 2.45) is 0 Å². The van der Waals surface area contributed by atoms with E-state index in [2.05, 4.69) is 5.32 Å². The molecule has 8 nitrogen and oxygen atoms in total. The number of carbonyl (C=O) groups is 2. The molecule has 3 aromatic rings. The Bertz CT molecular complexity index is 1520. The number of anilines is 1. The summed E-state index contributed by atoms with van der Waals surface area (Å²) < 4.78 is 35.0. The number of carbonyl (C=O) groups excluding carboxylic acids is 2. The van der Waals surface area contributed by atoms with Crippen molar-refractivity contribution >= 4 is 62.3 Å². The van der Waals surface area contributed by atoms with Gasteiger partial charge in [-0.2, -0.15) is 0 Å². The second kappa shape index (κ2) is 15.7. The van der Waals surface area contributed by atoms with Crippen LogP contribution in [0, 0.1) is 0 Å². The van der Waals surface area contributed by atoms with Crippen LogP contribution in [-0.4, -0.2) is 50.4 Å². The highest BCUT2D eigenvalue weighted by atomic mass is 35.5. The minimum atomic E-state index is -4.29. The van der Waals surface area contributed by atoms with Gasteiger partial charge in [-0.15, -0.1) is 0 Å². The predicted molar refractivity (Wildman–Crippen MR) is 173 cm³/mol. The third-order valence-corrected chi connectivity index (χ3v) is 9.60. The number of benzene rings is 3. The van der Waals surface area contributed by atoms with Gasteiger partial charge in [-0.1, -0.05) is 66.8 Å². The summed E-state index contributed by atoms with van der Waals surface area (Å²) in [6.45, 7) is 7.05. The average molecular weight is 669 g/mol. The molecule has 1 N–H and O–H groups in total. The molecule has 0 aromatic heterocycles. The first-order valence-corrected chi connectivity index (χ1v) is 16.5. The molecule has 0 heterocycles. The van der Waals surface area contributed by atoms with E-state index in [1.165, 1.54) is 29.2 Å². The third-order valence-electron chi connectivity index (χ3n) is 6.84. The first-order chi connectivity index (χ1) is 20.4. The van der Waals surface area contributed by atoms with Gasteiger partial charge < -0.3 is 15.0 Å². The fraction of sp³-hybridized carbons (Fsp3) is 0.355. The van der Waals surface area contributed by atoms with Gasteiger partial charge in [0.25, 0.3) is 10.0 Å². The monoisotopic (exact) mass is 667 g/mol. The summed E-state index contributed by atoms with van der Waals surface area (Å²) in [6.07, 6.45) is 0.985. The molecule has 0 saturated carbocycles. The van der Waals surface area contributed by atoms with E-state index in [0.717, 1.165) is 4.31 Å². The summed E-state index contributed by atoms with van der Waals surface area (Å²) in [5, 5.41) is 3.95. The highest BCUT2D eigenvalue weighted by Crippen LogP contribution is 2.33. The van der Waals surface area contributed by atoms with Crippen LogP contribution in [0.4, 0.5) is 5.69 Å². The first-order valence-electron chi connectivity index (χ1n) is 14.0. The molecule has 12 heteroatoms. The molecule has 0 aliphatic carbocycles. The fourth-order valence-electron chi connectivity index (χ4n) is 4.38. The van der Waals surface area contributed by atoms with Crippen LogP contribution in [-0.2, 0) is 26.2 Å². The van der Waals surface area contributed by atoms with Crippen LogP contribution < -0.4 is 14.4 Å². The smallest absolute Gasteiger partial charge is 0.264 e. The maximum absolute atomic E-state index is 14.3. The van der Waals surface area contributed by atoms with Crippen LogP contribution in [0.15, 0.2) is 71.6 Å². The quantitative estimate of drug-likeness (QED) is 0.200. The summed E-state index contributed by atoms with van der Waals surface area (Å²) in [5.41, 5.74) is 0.804. The van der Waals surface area contributed by atoms with Gasteiger partial charge in [-0.25, -0.2) is 8.42 Å². The minimum Gasteiger partial charge on any atom is -0.492 e. The van der Waals surface area contributed by atoms with Crippen molar-refractivity contribution in [2.45, 2.75) is 64.1 Å². The number of hydrogen-bond acceptors (Lipinski definition) is 5. The van der Waals surface area contributed by atoms with Crippen molar-refractivity contribution < 1.29 is 22.7 Å². The van der Waals surface area contributed by atoms with Crippen LogP contribution in [0.2, 0.25) is 15.1 Å². The molecule has 0 saturated heterocycles. The molecular weight excluding hydrogens is 633 g/mol. The van der Waals surface area contributed by atoms with E-state index >= 15 is 0 Å². The van der Waals surface area contributed by atoms with E-state index < -0.39 is 28.5 Å². The number of sulfonamides is 1. The molecule has 3 rings (SSSR count). The Balaban J connectivity index is 2.12. The Morgan fingerprint density at radius 2 is 1.58 bits per heavy atom. The highest BCUT2D eigenvalue weighted by Gasteiger charge is 2.35. The van der Waals surface area contributed by atoms with Gasteiger partial charge in [0.1, 0.15) is 18.3 Å². The lowest BCUT2D eigenvalue weighted by atomic mass is 10.1. The van der Waals surface area contributed by atoms with Gasteiger partial charge >= 0.3 is 0 Å². The number of rotatable bonds is 14. The second-order valence-corrected chi connectivity index (χ2v) is 13.0. The summed E-state index contributed by atoms with van der Waals surface area (Å²) in [5.74, 6) is -0.652. The molecule has 0 radical (unpaired) electrons. The largest absolute Gasteiger partial charge is 0.492 e. The topological polar surface area (TPSA) is 96.0 Å². The first kappa shape index (κ1) is 34.5. The van der Waals surface area contributed by atoms with Crippen molar-refractivity contribution in [3.63, 3.8) is 0 Å². The van der Waals surface area contributed by atoms with Gasteiger partial charge in [-0.3, -0.25) is 13.9 Å². The van der Waals surface area contributed by atoms with Gasteiger partial charge in [0.2, 0.25) is 11.8 Å². The number of ether oxygens (including phenoxy) is 1. The fourth-order valence-corrected chi connectivity index (χ4v) is 6.25. The number of para-hydroxylation sites is 2. The highest BCUT2D eigenvalue weighted by molar-refractivity contribution is 7.92. The number of halogens is 3. The molecule has 3 aromatic carbocycles. The zero-order valence-corrected chi connectivity index (χ0v) is 27.6. The summed E-state index contributed by atoms with van der Waals surface area (Å²) in [6, 6.07) is 16.2. The van der Waals surface area contributed by atoms with E-state index in [-0.39, 0.29) is 47.9 Å². The van der Waals surface area contributed by atoms with Crippen molar-refractivity contribution in [2.75, 3.05) is 17.5 Å². The van der Waals surface area contributed by atoms with E-state index in [0.29, 0.717) is 27.1 Å². The standard InChI is InChI=1S/C31H36Cl3N3O5S/c1-5-21(4)35-31(39)27(6-2)36(19-22-12-17-25(33)26(34)18-22)30(38)20-37(28-10-8-9-11-29(28)42-7-3)43(40,41)24-15-13-23(32)14-16-24/h8-18,21,27H,5-7,19-20H2,1-4H3,(H,35,39)/t21-,27-/m0/s1. The van der Waals surface area contributed by atoms with Crippen molar-refractivity contribution in [3.8, 4) is 5.75 Å². The lowest BCUT2D eigenvalue weighted by Crippen LogP contribution is -2.53. The summed E-state index contributed by atoms with van der Waals surface area (Å²) >= 11 is 18.4. The summed E-state index contributed by atoms with van der Waals surface area (Å²) in [4.78, 5) is 29.0. The number of amides is 2. The average Bonchev–Trinajstić information content (AvgIpc) is 2.98. The minimum absolute atomic E-state index is 0.00983. The van der Waals surface area contributed by atoms with Gasteiger partial charge in [0.15, 0.2) is 0 Å².